The molecule has 0 saturated heterocycles. The zero-order chi connectivity index (χ0) is 17.8. The Morgan fingerprint density at radius 2 is 1.73 bits per heavy atom. The van der Waals surface area contributed by atoms with Crippen LogP contribution in [0.4, 0.5) is 0 Å². The topological polar surface area (TPSA) is 44.5 Å². The number of nitrogens with one attached hydrogen (secondary N) is 2. The summed E-state index contributed by atoms with van der Waals surface area (Å²) in [4.78, 5) is 11.8. The van der Waals surface area contributed by atoms with Gasteiger partial charge in [0.2, 0.25) is 0 Å². The molecular formula is C22H18ClN3. The summed E-state index contributed by atoms with van der Waals surface area (Å²) in [5.41, 5.74) is 6.79. The van der Waals surface area contributed by atoms with Gasteiger partial charge < -0.3 is 9.97 Å². The van der Waals surface area contributed by atoms with Crippen molar-refractivity contribution < 1.29 is 0 Å². The lowest BCUT2D eigenvalue weighted by Gasteiger charge is -2.09. The summed E-state index contributed by atoms with van der Waals surface area (Å²) in [6, 6.07) is 18.8. The normalized spacial score (nSPS) is 13.0. The molecule has 0 saturated carbocycles. The number of H-pyrrole nitrogens is 2. The van der Waals surface area contributed by atoms with Crippen LogP contribution in [0.15, 0.2) is 54.6 Å². The van der Waals surface area contributed by atoms with E-state index in [-0.39, 0.29) is 5.92 Å². The summed E-state index contributed by atoms with van der Waals surface area (Å²) >= 11 is 6.16. The molecular weight excluding hydrogens is 342 g/mol. The van der Waals surface area contributed by atoms with Crippen molar-refractivity contribution in [3.05, 3.63) is 76.6 Å². The molecule has 0 aliphatic rings. The lowest BCUT2D eigenvalue weighted by Crippen LogP contribution is -1.98. The fraction of sp³-hybridized carbons (Fsp3) is 0.136. The summed E-state index contributed by atoms with van der Waals surface area (Å²) in [6.45, 7) is 4.28. The molecule has 2 N–H and O–H groups in total. The second-order valence-corrected chi connectivity index (χ2v) is 7.42. The van der Waals surface area contributed by atoms with Gasteiger partial charge in [-0.2, -0.15) is 0 Å². The number of benzene rings is 3. The molecule has 0 fully saturated rings. The van der Waals surface area contributed by atoms with E-state index in [2.05, 4.69) is 60.2 Å². The van der Waals surface area contributed by atoms with Crippen molar-refractivity contribution in [3.8, 4) is 0 Å². The maximum atomic E-state index is 6.16. The van der Waals surface area contributed by atoms with Crippen LogP contribution in [0.5, 0.6) is 0 Å². The van der Waals surface area contributed by atoms with Gasteiger partial charge >= 0.3 is 0 Å². The first-order valence-electron chi connectivity index (χ1n) is 8.75. The molecule has 3 nitrogen and oxygen atoms in total. The summed E-state index contributed by atoms with van der Waals surface area (Å²) in [5, 5.41) is 3.11. The molecule has 0 amide bonds. The maximum absolute atomic E-state index is 6.16. The molecule has 2 aromatic heterocycles. The molecule has 128 valence electrons. The number of imidazole rings is 1. The average Bonchev–Trinajstić information content (AvgIpc) is 3.21. The van der Waals surface area contributed by atoms with E-state index in [0.29, 0.717) is 0 Å². The summed E-state index contributed by atoms with van der Waals surface area (Å²) in [7, 11) is 0. The zero-order valence-electron chi connectivity index (χ0n) is 14.6. The van der Waals surface area contributed by atoms with Gasteiger partial charge in [-0.15, -0.1) is 0 Å². The van der Waals surface area contributed by atoms with Crippen molar-refractivity contribution in [1.29, 1.82) is 0 Å². The smallest absolute Gasteiger partial charge is 0.114 e. The first-order valence-corrected chi connectivity index (χ1v) is 9.13. The van der Waals surface area contributed by atoms with Crippen LogP contribution in [0.2, 0.25) is 5.02 Å². The highest BCUT2D eigenvalue weighted by molar-refractivity contribution is 6.31. The highest BCUT2D eigenvalue weighted by Gasteiger charge is 2.15. The molecule has 1 atom stereocenters. The minimum Gasteiger partial charge on any atom is -0.355 e. The monoisotopic (exact) mass is 359 g/mol. The predicted molar refractivity (Wildman–Crippen MR) is 109 cm³/mol. The number of hydrogen-bond donors (Lipinski definition) is 2. The van der Waals surface area contributed by atoms with Gasteiger partial charge in [0.1, 0.15) is 5.82 Å². The highest BCUT2D eigenvalue weighted by Crippen LogP contribution is 2.31. The Hall–Kier alpha value is -2.78. The van der Waals surface area contributed by atoms with Crippen LogP contribution in [0, 0.1) is 6.92 Å². The van der Waals surface area contributed by atoms with Crippen molar-refractivity contribution in [2.24, 2.45) is 0 Å². The van der Waals surface area contributed by atoms with Gasteiger partial charge in [0.15, 0.2) is 0 Å². The Kier molecular flexibility index (Phi) is 3.34. The van der Waals surface area contributed by atoms with E-state index >= 15 is 0 Å². The van der Waals surface area contributed by atoms with Gasteiger partial charge in [-0.1, -0.05) is 36.7 Å². The summed E-state index contributed by atoms with van der Waals surface area (Å²) in [5.74, 6) is 1.17. The molecule has 2 heterocycles. The quantitative estimate of drug-likeness (QED) is 0.381. The van der Waals surface area contributed by atoms with E-state index in [1.165, 1.54) is 16.5 Å². The molecule has 3 aromatic carbocycles. The Bertz CT molecular complexity index is 1280. The van der Waals surface area contributed by atoms with Crippen LogP contribution in [0.3, 0.4) is 0 Å². The molecule has 0 aliphatic carbocycles. The van der Waals surface area contributed by atoms with Gasteiger partial charge in [-0.25, -0.2) is 4.98 Å². The predicted octanol–water partition coefficient (Wildman–Crippen LogP) is 6.31. The highest BCUT2D eigenvalue weighted by atomic mass is 35.5. The number of aromatic nitrogens is 3. The summed E-state index contributed by atoms with van der Waals surface area (Å²) < 4.78 is 0. The third-order valence-corrected chi connectivity index (χ3v) is 5.39. The Morgan fingerprint density at radius 1 is 0.846 bits per heavy atom. The van der Waals surface area contributed by atoms with Crippen LogP contribution in [-0.4, -0.2) is 15.0 Å². The second-order valence-electron chi connectivity index (χ2n) is 6.98. The van der Waals surface area contributed by atoms with Crippen LogP contribution in [-0.2, 0) is 0 Å². The van der Waals surface area contributed by atoms with E-state index in [4.69, 9.17) is 16.6 Å². The van der Waals surface area contributed by atoms with Gasteiger partial charge in [-0.3, -0.25) is 0 Å². The Labute approximate surface area is 156 Å². The Balaban J connectivity index is 1.61. The third-order valence-electron chi connectivity index (χ3n) is 5.15. The van der Waals surface area contributed by atoms with E-state index in [1.807, 2.05) is 18.2 Å². The van der Waals surface area contributed by atoms with Gasteiger partial charge in [-0.05, 0) is 54.4 Å². The van der Waals surface area contributed by atoms with Crippen molar-refractivity contribution >= 4 is 44.4 Å². The van der Waals surface area contributed by atoms with Crippen LogP contribution in [0.1, 0.15) is 29.8 Å². The molecule has 0 spiro atoms. The molecule has 5 aromatic rings. The van der Waals surface area contributed by atoms with Gasteiger partial charge in [0.05, 0.1) is 11.0 Å². The summed E-state index contributed by atoms with van der Waals surface area (Å²) in [6.07, 6.45) is 0. The number of aromatic amines is 2. The zero-order valence-corrected chi connectivity index (χ0v) is 15.4. The standard InChI is InChI=1S/C22H18ClN3/c1-12-3-7-19-21(9-12)26-22(25-19)13(2)14-4-6-16-17-11-15(23)5-8-18(17)24-20(16)10-14/h3-11,13,24H,1-2H3,(H,25,26)/t13-/m0/s1. The fourth-order valence-electron chi connectivity index (χ4n) is 3.67. The van der Waals surface area contributed by atoms with Gasteiger partial charge in [0, 0.05) is 32.7 Å². The minimum atomic E-state index is 0.183. The van der Waals surface area contributed by atoms with E-state index in [0.717, 1.165) is 38.3 Å². The molecule has 4 heteroatoms. The van der Waals surface area contributed by atoms with Crippen molar-refractivity contribution in [3.63, 3.8) is 0 Å². The number of nitrogens with zero attached hydrogens (tertiary/aromatic N) is 1. The number of fused-ring (bicyclic) bond motifs is 4. The Morgan fingerprint density at radius 3 is 2.62 bits per heavy atom. The molecule has 0 unspecified atom stereocenters. The molecule has 26 heavy (non-hydrogen) atoms. The fourth-order valence-corrected chi connectivity index (χ4v) is 3.84. The number of hydrogen-bond acceptors (Lipinski definition) is 1. The maximum Gasteiger partial charge on any atom is 0.114 e. The molecule has 5 rings (SSSR count). The first kappa shape index (κ1) is 15.5. The van der Waals surface area contributed by atoms with Crippen molar-refractivity contribution in [1.82, 2.24) is 15.0 Å². The van der Waals surface area contributed by atoms with E-state index < -0.39 is 0 Å². The molecule has 0 radical (unpaired) electrons. The average molecular weight is 360 g/mol. The van der Waals surface area contributed by atoms with Crippen molar-refractivity contribution in [2.75, 3.05) is 0 Å². The minimum absolute atomic E-state index is 0.183. The third kappa shape index (κ3) is 2.39. The molecule has 0 bridgehead atoms. The first-order chi connectivity index (χ1) is 12.6. The lowest BCUT2D eigenvalue weighted by molar-refractivity contribution is 0.847. The lowest BCUT2D eigenvalue weighted by atomic mass is 9.99. The van der Waals surface area contributed by atoms with Crippen LogP contribution in [0.25, 0.3) is 32.8 Å². The number of aryl methyl sites for hydroxylation is 1. The molecule has 0 aliphatic heterocycles. The number of rotatable bonds is 2. The van der Waals surface area contributed by atoms with Crippen molar-refractivity contribution in [2.45, 2.75) is 19.8 Å². The number of halogens is 1. The van der Waals surface area contributed by atoms with Crippen LogP contribution >= 0.6 is 11.6 Å². The van der Waals surface area contributed by atoms with E-state index in [9.17, 15) is 0 Å². The van der Waals surface area contributed by atoms with Crippen LogP contribution < -0.4 is 0 Å². The second kappa shape index (κ2) is 5.61. The largest absolute Gasteiger partial charge is 0.355 e. The van der Waals surface area contributed by atoms with Gasteiger partial charge in [0.25, 0.3) is 0 Å². The SMILES string of the molecule is Cc1ccc2nc([C@@H](C)c3ccc4c(c3)[nH]c3ccc(Cl)cc34)[nH]c2c1. The van der Waals surface area contributed by atoms with E-state index in [1.54, 1.807) is 0 Å².